The van der Waals surface area contributed by atoms with Gasteiger partial charge < -0.3 is 15.4 Å². The van der Waals surface area contributed by atoms with Gasteiger partial charge >= 0.3 is 0 Å². The number of anilines is 2. The van der Waals surface area contributed by atoms with Crippen molar-refractivity contribution in [2.24, 2.45) is 0 Å². The van der Waals surface area contributed by atoms with Crippen LogP contribution in [-0.4, -0.2) is 44.0 Å². The van der Waals surface area contributed by atoms with Gasteiger partial charge in [0.15, 0.2) is 0 Å². The van der Waals surface area contributed by atoms with Gasteiger partial charge in [0.2, 0.25) is 11.8 Å². The molecule has 150 valence electrons. The molecule has 2 aromatic carbocycles. The van der Waals surface area contributed by atoms with Crippen molar-refractivity contribution in [3.05, 3.63) is 51.5 Å². The molecule has 0 aliphatic carbocycles. The lowest BCUT2D eigenvalue weighted by atomic mass is 10.3. The van der Waals surface area contributed by atoms with Crippen molar-refractivity contribution < 1.29 is 14.3 Å². The highest BCUT2D eigenvalue weighted by Crippen LogP contribution is 2.30. The van der Waals surface area contributed by atoms with Gasteiger partial charge in [-0.2, -0.15) is 0 Å². The fourth-order valence-corrected chi connectivity index (χ4v) is 3.07. The number of ether oxygens (including phenoxy) is 1. The van der Waals surface area contributed by atoms with E-state index in [4.69, 9.17) is 39.5 Å². The van der Waals surface area contributed by atoms with E-state index in [0.717, 1.165) is 0 Å². The van der Waals surface area contributed by atoms with Gasteiger partial charge in [-0.1, -0.05) is 40.9 Å². The van der Waals surface area contributed by atoms with E-state index in [-0.39, 0.29) is 24.8 Å². The molecule has 0 fully saturated rings. The molecular weight excluding hydrogens is 425 g/mol. The average molecular weight is 445 g/mol. The Morgan fingerprint density at radius 1 is 1.04 bits per heavy atom. The molecule has 0 saturated carbocycles. The number of benzene rings is 2. The highest BCUT2D eigenvalue weighted by Gasteiger charge is 2.13. The summed E-state index contributed by atoms with van der Waals surface area (Å²) in [6.07, 6.45) is 0.172. The Hall–Kier alpha value is -1.99. The molecular formula is C19H20Cl3N3O3. The zero-order valence-corrected chi connectivity index (χ0v) is 17.7. The first kappa shape index (κ1) is 22.3. The Balaban J connectivity index is 1.83. The van der Waals surface area contributed by atoms with Gasteiger partial charge in [0.25, 0.3) is 0 Å². The molecule has 0 radical (unpaired) electrons. The third-order valence-corrected chi connectivity index (χ3v) is 4.66. The van der Waals surface area contributed by atoms with E-state index in [9.17, 15) is 9.59 Å². The first-order valence-corrected chi connectivity index (χ1v) is 9.49. The number of amides is 2. The maximum Gasteiger partial charge on any atom is 0.238 e. The third-order valence-electron chi connectivity index (χ3n) is 3.80. The zero-order chi connectivity index (χ0) is 20.7. The van der Waals surface area contributed by atoms with E-state index in [0.29, 0.717) is 38.7 Å². The minimum Gasteiger partial charge on any atom is -0.495 e. The molecule has 0 aliphatic heterocycles. The molecule has 0 aliphatic rings. The van der Waals surface area contributed by atoms with Crippen molar-refractivity contribution in [1.29, 1.82) is 0 Å². The average Bonchev–Trinajstić information content (AvgIpc) is 2.63. The van der Waals surface area contributed by atoms with E-state index in [1.54, 1.807) is 48.3 Å². The summed E-state index contributed by atoms with van der Waals surface area (Å²) in [6.45, 7) is 0.462. The number of carbonyl (C=O) groups excluding carboxylic acids is 2. The molecule has 0 aromatic heterocycles. The minimum atomic E-state index is -0.252. The predicted octanol–water partition coefficient (Wildman–Crippen LogP) is 4.55. The Labute approximate surface area is 178 Å². The van der Waals surface area contributed by atoms with Gasteiger partial charge in [-0.15, -0.1) is 0 Å². The van der Waals surface area contributed by atoms with Gasteiger partial charge in [0.1, 0.15) is 5.75 Å². The Morgan fingerprint density at radius 2 is 1.71 bits per heavy atom. The normalized spacial score (nSPS) is 10.6. The van der Waals surface area contributed by atoms with Crippen molar-refractivity contribution in [2.45, 2.75) is 6.42 Å². The van der Waals surface area contributed by atoms with Gasteiger partial charge in [-0.3, -0.25) is 14.5 Å². The number of para-hydroxylation sites is 1. The van der Waals surface area contributed by atoms with Gasteiger partial charge in [0.05, 0.1) is 35.1 Å². The Morgan fingerprint density at radius 3 is 2.36 bits per heavy atom. The lowest BCUT2D eigenvalue weighted by Gasteiger charge is -2.17. The SMILES string of the molecule is COc1ccc(Cl)cc1NC(=O)CN(C)CCC(=O)Nc1c(Cl)cccc1Cl. The van der Waals surface area contributed by atoms with Crippen LogP contribution in [0.3, 0.4) is 0 Å². The molecule has 2 N–H and O–H groups in total. The number of hydrogen-bond acceptors (Lipinski definition) is 4. The summed E-state index contributed by atoms with van der Waals surface area (Å²) >= 11 is 18.0. The second-order valence-electron chi connectivity index (χ2n) is 6.03. The fourth-order valence-electron chi connectivity index (χ4n) is 2.40. The lowest BCUT2D eigenvalue weighted by molar-refractivity contribution is -0.119. The summed E-state index contributed by atoms with van der Waals surface area (Å²) in [6, 6.07) is 9.94. The number of halogens is 3. The Kier molecular flexibility index (Phi) is 8.38. The van der Waals surface area contributed by atoms with Gasteiger partial charge in [-0.25, -0.2) is 0 Å². The van der Waals surface area contributed by atoms with Crippen LogP contribution in [0.1, 0.15) is 6.42 Å². The maximum atomic E-state index is 12.2. The molecule has 6 nitrogen and oxygen atoms in total. The molecule has 0 heterocycles. The summed E-state index contributed by atoms with van der Waals surface area (Å²) in [5, 5.41) is 6.65. The molecule has 2 aromatic rings. The highest BCUT2D eigenvalue weighted by atomic mass is 35.5. The summed E-state index contributed by atoms with van der Waals surface area (Å²) in [5.74, 6) is 0.00721. The number of nitrogens with one attached hydrogen (secondary N) is 2. The molecule has 2 rings (SSSR count). The van der Waals surface area contributed by atoms with Crippen LogP contribution in [0.5, 0.6) is 5.75 Å². The van der Waals surface area contributed by atoms with E-state index >= 15 is 0 Å². The Bertz CT molecular complexity index is 841. The number of nitrogens with zero attached hydrogens (tertiary/aromatic N) is 1. The second-order valence-corrected chi connectivity index (χ2v) is 7.28. The van der Waals surface area contributed by atoms with Crippen LogP contribution in [0.4, 0.5) is 11.4 Å². The maximum absolute atomic E-state index is 12.2. The van der Waals surface area contributed by atoms with Crippen molar-refractivity contribution >= 4 is 58.0 Å². The number of hydrogen-bond donors (Lipinski definition) is 2. The molecule has 0 spiro atoms. The van der Waals surface area contributed by atoms with Crippen LogP contribution in [0.2, 0.25) is 15.1 Å². The van der Waals surface area contributed by atoms with Crippen molar-refractivity contribution in [3.8, 4) is 5.75 Å². The largest absolute Gasteiger partial charge is 0.495 e. The van der Waals surface area contributed by atoms with Crippen LogP contribution in [0, 0.1) is 0 Å². The summed E-state index contributed by atoms with van der Waals surface area (Å²) in [7, 11) is 3.25. The van der Waals surface area contributed by atoms with Gasteiger partial charge in [0, 0.05) is 18.0 Å². The van der Waals surface area contributed by atoms with Crippen molar-refractivity contribution in [1.82, 2.24) is 4.90 Å². The quantitative estimate of drug-likeness (QED) is 0.626. The number of rotatable bonds is 8. The van der Waals surface area contributed by atoms with Crippen LogP contribution >= 0.6 is 34.8 Å². The molecule has 28 heavy (non-hydrogen) atoms. The van der Waals surface area contributed by atoms with Gasteiger partial charge in [-0.05, 0) is 37.4 Å². The summed E-state index contributed by atoms with van der Waals surface area (Å²) in [5.41, 5.74) is 0.865. The van der Waals surface area contributed by atoms with E-state index in [1.165, 1.54) is 7.11 Å². The van der Waals surface area contributed by atoms with E-state index < -0.39 is 0 Å². The third kappa shape index (κ3) is 6.56. The fraction of sp³-hybridized carbons (Fsp3) is 0.263. The van der Waals surface area contributed by atoms with Crippen LogP contribution in [-0.2, 0) is 9.59 Å². The lowest BCUT2D eigenvalue weighted by Crippen LogP contribution is -2.32. The number of methoxy groups -OCH3 is 1. The smallest absolute Gasteiger partial charge is 0.238 e. The predicted molar refractivity (Wildman–Crippen MR) is 114 cm³/mol. The molecule has 0 bridgehead atoms. The topological polar surface area (TPSA) is 70.7 Å². The summed E-state index contributed by atoms with van der Waals surface area (Å²) < 4.78 is 5.20. The standard InChI is InChI=1S/C19H20Cl3N3O3/c1-25(9-8-17(26)24-19-13(21)4-3-5-14(19)22)11-18(27)23-15-10-12(20)6-7-16(15)28-2/h3-7,10H,8-9,11H2,1-2H3,(H,23,27)(H,24,26). The van der Waals surface area contributed by atoms with Crippen molar-refractivity contribution in [3.63, 3.8) is 0 Å². The van der Waals surface area contributed by atoms with E-state index in [2.05, 4.69) is 10.6 Å². The van der Waals surface area contributed by atoms with Crippen LogP contribution in [0.15, 0.2) is 36.4 Å². The van der Waals surface area contributed by atoms with Crippen LogP contribution < -0.4 is 15.4 Å². The molecule has 9 heteroatoms. The van der Waals surface area contributed by atoms with Crippen LogP contribution in [0.25, 0.3) is 0 Å². The zero-order valence-electron chi connectivity index (χ0n) is 15.4. The number of carbonyl (C=O) groups is 2. The monoisotopic (exact) mass is 443 g/mol. The molecule has 0 unspecified atom stereocenters. The minimum absolute atomic E-state index is 0.0931. The van der Waals surface area contributed by atoms with Crippen molar-refractivity contribution in [2.75, 3.05) is 37.9 Å². The highest BCUT2D eigenvalue weighted by molar-refractivity contribution is 6.39. The summed E-state index contributed by atoms with van der Waals surface area (Å²) in [4.78, 5) is 26.1. The molecule has 0 saturated heterocycles. The molecule has 2 amide bonds. The number of likely N-dealkylation sites (N-methyl/N-ethyl adjacent to an activating group) is 1. The molecule has 0 atom stereocenters. The second kappa shape index (κ2) is 10.5. The first-order valence-electron chi connectivity index (χ1n) is 8.36. The first-order chi connectivity index (χ1) is 13.3. The van der Waals surface area contributed by atoms with E-state index in [1.807, 2.05) is 0 Å².